The monoisotopic (exact) mass is 464 g/mol. The van der Waals surface area contributed by atoms with Gasteiger partial charge >= 0.3 is 0 Å². The van der Waals surface area contributed by atoms with Gasteiger partial charge in [0.2, 0.25) is 5.91 Å². The summed E-state index contributed by atoms with van der Waals surface area (Å²) in [7, 11) is 1.67. The highest BCUT2D eigenvalue weighted by atomic mass is 16.5. The van der Waals surface area contributed by atoms with E-state index in [1.54, 1.807) is 11.8 Å². The van der Waals surface area contributed by atoms with Crippen LogP contribution in [0.25, 0.3) is 5.95 Å². The minimum Gasteiger partial charge on any atom is -0.497 e. The van der Waals surface area contributed by atoms with Crippen LogP contribution in [0.2, 0.25) is 0 Å². The molecule has 3 rings (SSSR count). The highest BCUT2D eigenvalue weighted by Gasteiger charge is 2.21. The van der Waals surface area contributed by atoms with Gasteiger partial charge in [0, 0.05) is 29.2 Å². The van der Waals surface area contributed by atoms with Gasteiger partial charge in [-0.15, -0.1) is 0 Å². The Balaban J connectivity index is 1.77. The second-order valence-corrected chi connectivity index (χ2v) is 8.51. The summed E-state index contributed by atoms with van der Waals surface area (Å²) in [5.74, 6) is 1.31. The molecule has 2 aromatic heterocycles. The Kier molecular flexibility index (Phi) is 8.39. The summed E-state index contributed by atoms with van der Waals surface area (Å²) in [5.41, 5.74) is 5.48. The molecular weight excluding hydrogens is 428 g/mol. The Morgan fingerprint density at radius 1 is 1.09 bits per heavy atom. The SMILES string of the molecule is CCN(CC)C(CNC(=O)Cc1c(C)nn(-c2nc(C)cc(C)n2)c1C)c1cccc(OC)c1. The highest BCUT2D eigenvalue weighted by Crippen LogP contribution is 2.24. The van der Waals surface area contributed by atoms with Gasteiger partial charge in [-0.1, -0.05) is 26.0 Å². The molecule has 8 nitrogen and oxygen atoms in total. The van der Waals surface area contributed by atoms with Crippen LogP contribution >= 0.6 is 0 Å². The topological polar surface area (TPSA) is 85.2 Å². The Labute approximate surface area is 202 Å². The minimum atomic E-state index is -0.0351. The summed E-state index contributed by atoms with van der Waals surface area (Å²) in [4.78, 5) is 24.4. The molecule has 0 saturated carbocycles. The number of aryl methyl sites for hydroxylation is 3. The van der Waals surface area contributed by atoms with Gasteiger partial charge in [-0.25, -0.2) is 14.6 Å². The van der Waals surface area contributed by atoms with E-state index in [2.05, 4.69) is 45.2 Å². The number of amides is 1. The average Bonchev–Trinajstić information content (AvgIpc) is 3.09. The molecule has 0 radical (unpaired) electrons. The van der Waals surface area contributed by atoms with Crippen molar-refractivity contribution >= 4 is 5.91 Å². The summed E-state index contributed by atoms with van der Waals surface area (Å²) in [6.07, 6.45) is 0.256. The lowest BCUT2D eigenvalue weighted by molar-refractivity contribution is -0.120. The van der Waals surface area contributed by atoms with Crippen molar-refractivity contribution in [1.82, 2.24) is 30.0 Å². The molecular formula is C26H36N6O2. The number of aromatic nitrogens is 4. The number of methoxy groups -OCH3 is 1. The van der Waals surface area contributed by atoms with Crippen molar-refractivity contribution in [2.75, 3.05) is 26.7 Å². The number of ether oxygens (including phenoxy) is 1. The predicted octanol–water partition coefficient (Wildman–Crippen LogP) is 3.65. The molecule has 1 atom stereocenters. The maximum absolute atomic E-state index is 13.0. The highest BCUT2D eigenvalue weighted by molar-refractivity contribution is 5.79. The van der Waals surface area contributed by atoms with Gasteiger partial charge in [0.05, 0.1) is 25.3 Å². The normalized spacial score (nSPS) is 12.1. The molecule has 0 aliphatic rings. The van der Waals surface area contributed by atoms with Crippen molar-refractivity contribution in [3.63, 3.8) is 0 Å². The van der Waals surface area contributed by atoms with Gasteiger partial charge in [-0.2, -0.15) is 5.10 Å². The number of likely N-dealkylation sites (N-methyl/N-ethyl adjacent to an activating group) is 1. The first-order valence-corrected chi connectivity index (χ1v) is 11.8. The number of carbonyl (C=O) groups is 1. The van der Waals surface area contributed by atoms with Crippen LogP contribution in [-0.4, -0.2) is 57.3 Å². The molecule has 34 heavy (non-hydrogen) atoms. The number of nitrogens with zero attached hydrogens (tertiary/aromatic N) is 5. The Morgan fingerprint density at radius 2 is 1.76 bits per heavy atom. The summed E-state index contributed by atoms with van der Waals surface area (Å²) >= 11 is 0. The molecule has 1 amide bonds. The third-order valence-electron chi connectivity index (χ3n) is 6.16. The number of hydrogen-bond donors (Lipinski definition) is 1. The van der Waals surface area contributed by atoms with E-state index in [1.165, 1.54) is 0 Å². The lowest BCUT2D eigenvalue weighted by Crippen LogP contribution is -2.38. The Hall–Kier alpha value is -3.26. The molecule has 2 heterocycles. The number of nitrogens with one attached hydrogen (secondary N) is 1. The third kappa shape index (κ3) is 5.80. The molecule has 1 N–H and O–H groups in total. The van der Waals surface area contributed by atoms with Crippen LogP contribution in [0.5, 0.6) is 5.75 Å². The Morgan fingerprint density at radius 3 is 2.38 bits per heavy atom. The van der Waals surface area contributed by atoms with Crippen molar-refractivity contribution < 1.29 is 9.53 Å². The summed E-state index contributed by atoms with van der Waals surface area (Å²) < 4.78 is 7.14. The molecule has 0 aliphatic heterocycles. The van der Waals surface area contributed by atoms with Crippen LogP contribution in [-0.2, 0) is 11.2 Å². The molecule has 1 aromatic carbocycles. The standard InChI is InChI=1S/C26H36N6O2/c1-8-31(9-2)24(21-11-10-12-22(14-21)34-7)16-27-25(33)15-23-19(5)30-32(20(23)6)26-28-17(3)13-18(4)29-26/h10-14,24H,8-9,15-16H2,1-7H3,(H,27,33). The molecule has 182 valence electrons. The number of carbonyl (C=O) groups excluding carboxylic acids is 1. The van der Waals surface area contributed by atoms with Crippen LogP contribution in [0.15, 0.2) is 30.3 Å². The van der Waals surface area contributed by atoms with Gasteiger partial charge in [0.1, 0.15) is 5.75 Å². The maximum atomic E-state index is 13.0. The fraction of sp³-hybridized carbons (Fsp3) is 0.462. The maximum Gasteiger partial charge on any atom is 0.251 e. The van der Waals surface area contributed by atoms with Crippen LogP contribution < -0.4 is 10.1 Å². The van der Waals surface area contributed by atoms with E-state index in [0.29, 0.717) is 12.5 Å². The first kappa shape index (κ1) is 25.4. The van der Waals surface area contributed by atoms with Crippen molar-refractivity contribution in [3.8, 4) is 11.7 Å². The van der Waals surface area contributed by atoms with Gasteiger partial charge in [-0.3, -0.25) is 9.69 Å². The Bertz CT molecular complexity index is 1120. The summed E-state index contributed by atoms with van der Waals surface area (Å²) in [5, 5.41) is 7.77. The quantitative estimate of drug-likeness (QED) is 0.493. The van der Waals surface area contributed by atoms with E-state index >= 15 is 0 Å². The fourth-order valence-electron chi connectivity index (χ4n) is 4.33. The zero-order chi connectivity index (χ0) is 24.8. The first-order chi connectivity index (χ1) is 16.3. The molecule has 0 bridgehead atoms. The minimum absolute atomic E-state index is 0.0351. The van der Waals surface area contributed by atoms with Gasteiger partial charge in [-0.05, 0) is 64.5 Å². The van der Waals surface area contributed by atoms with E-state index in [1.807, 2.05) is 52.0 Å². The van der Waals surface area contributed by atoms with Crippen molar-refractivity contribution in [3.05, 3.63) is 64.2 Å². The van der Waals surface area contributed by atoms with E-state index in [9.17, 15) is 4.79 Å². The van der Waals surface area contributed by atoms with Gasteiger partial charge in [0.25, 0.3) is 5.95 Å². The molecule has 0 fully saturated rings. The van der Waals surface area contributed by atoms with E-state index in [0.717, 1.165) is 52.7 Å². The first-order valence-electron chi connectivity index (χ1n) is 11.8. The summed E-state index contributed by atoms with van der Waals surface area (Å²) in [6.45, 7) is 14.3. The average molecular weight is 465 g/mol. The van der Waals surface area contributed by atoms with E-state index < -0.39 is 0 Å². The number of benzene rings is 1. The van der Waals surface area contributed by atoms with Gasteiger partial charge in [0.15, 0.2) is 0 Å². The number of rotatable bonds is 10. The van der Waals surface area contributed by atoms with Crippen molar-refractivity contribution in [1.29, 1.82) is 0 Å². The van der Waals surface area contributed by atoms with Crippen LogP contribution in [0.4, 0.5) is 0 Å². The molecule has 0 saturated heterocycles. The molecule has 8 heteroatoms. The third-order valence-corrected chi connectivity index (χ3v) is 6.16. The lowest BCUT2D eigenvalue weighted by Gasteiger charge is -2.30. The van der Waals surface area contributed by atoms with Crippen LogP contribution in [0.3, 0.4) is 0 Å². The largest absolute Gasteiger partial charge is 0.497 e. The second-order valence-electron chi connectivity index (χ2n) is 8.51. The fourth-order valence-corrected chi connectivity index (χ4v) is 4.33. The molecule has 0 aliphatic carbocycles. The van der Waals surface area contributed by atoms with E-state index in [-0.39, 0.29) is 18.4 Å². The zero-order valence-electron chi connectivity index (χ0n) is 21.3. The smallest absolute Gasteiger partial charge is 0.251 e. The molecule has 1 unspecified atom stereocenters. The molecule has 0 spiro atoms. The molecule has 3 aromatic rings. The zero-order valence-corrected chi connectivity index (χ0v) is 21.3. The van der Waals surface area contributed by atoms with Crippen LogP contribution in [0, 0.1) is 27.7 Å². The van der Waals surface area contributed by atoms with Crippen LogP contribution in [0.1, 0.15) is 53.8 Å². The van der Waals surface area contributed by atoms with Crippen molar-refractivity contribution in [2.24, 2.45) is 0 Å². The second kappa shape index (κ2) is 11.2. The number of hydrogen-bond acceptors (Lipinski definition) is 6. The predicted molar refractivity (Wildman–Crippen MR) is 133 cm³/mol. The van der Waals surface area contributed by atoms with E-state index in [4.69, 9.17) is 4.74 Å². The summed E-state index contributed by atoms with van der Waals surface area (Å²) in [6, 6.07) is 10.0. The van der Waals surface area contributed by atoms with Crippen molar-refractivity contribution in [2.45, 2.75) is 54.0 Å². The lowest BCUT2D eigenvalue weighted by atomic mass is 10.0. The van der Waals surface area contributed by atoms with Gasteiger partial charge < -0.3 is 10.1 Å².